The third-order valence-corrected chi connectivity index (χ3v) is 3.31. The van der Waals surface area contributed by atoms with Crippen LogP contribution < -0.4 is 5.73 Å². The van der Waals surface area contributed by atoms with Gasteiger partial charge in [-0.3, -0.25) is 4.68 Å². The van der Waals surface area contributed by atoms with Crippen LogP contribution in [-0.4, -0.2) is 9.78 Å². The second-order valence-electron chi connectivity index (χ2n) is 3.78. The summed E-state index contributed by atoms with van der Waals surface area (Å²) in [6, 6.07) is 10.1. The van der Waals surface area contributed by atoms with Crippen molar-refractivity contribution in [1.29, 1.82) is 0 Å². The molecule has 0 bridgehead atoms. The number of rotatable bonds is 3. The Kier molecular flexibility index (Phi) is 3.41. The van der Waals surface area contributed by atoms with E-state index >= 15 is 0 Å². The first kappa shape index (κ1) is 11.4. The summed E-state index contributed by atoms with van der Waals surface area (Å²) < 4.78 is 2.87. The van der Waals surface area contributed by atoms with Crippen LogP contribution in [0.4, 0.5) is 0 Å². The van der Waals surface area contributed by atoms with Crippen molar-refractivity contribution in [2.75, 3.05) is 0 Å². The molecule has 0 radical (unpaired) electrons. The van der Waals surface area contributed by atoms with E-state index in [-0.39, 0.29) is 6.04 Å². The van der Waals surface area contributed by atoms with Crippen LogP contribution in [0.25, 0.3) is 0 Å². The zero-order chi connectivity index (χ0) is 11.5. The monoisotopic (exact) mass is 279 g/mol. The number of benzene rings is 1. The zero-order valence-electron chi connectivity index (χ0n) is 9.10. The summed E-state index contributed by atoms with van der Waals surface area (Å²) in [6.07, 6.45) is 2.58. The number of aromatic nitrogens is 2. The van der Waals surface area contributed by atoms with Crippen molar-refractivity contribution < 1.29 is 0 Å². The van der Waals surface area contributed by atoms with Gasteiger partial charge in [-0.15, -0.1) is 0 Å². The lowest BCUT2D eigenvalue weighted by Crippen LogP contribution is -2.15. The summed E-state index contributed by atoms with van der Waals surface area (Å²) in [5, 5.41) is 4.18. The van der Waals surface area contributed by atoms with E-state index in [9.17, 15) is 0 Å². The predicted octanol–water partition coefficient (Wildman–Crippen LogP) is 2.43. The van der Waals surface area contributed by atoms with E-state index in [4.69, 9.17) is 5.73 Å². The van der Waals surface area contributed by atoms with Gasteiger partial charge >= 0.3 is 0 Å². The van der Waals surface area contributed by atoms with E-state index in [0.29, 0.717) is 0 Å². The van der Waals surface area contributed by atoms with Crippen LogP contribution in [0.15, 0.2) is 41.0 Å². The molecular weight excluding hydrogens is 266 g/mol. The first-order valence-electron chi connectivity index (χ1n) is 5.15. The Labute approximate surface area is 103 Å². The molecule has 2 N–H and O–H groups in total. The van der Waals surface area contributed by atoms with E-state index in [1.165, 1.54) is 0 Å². The SMILES string of the molecule is Cn1ncc(Br)c1CC(N)c1ccccc1. The van der Waals surface area contributed by atoms with Crippen molar-refractivity contribution in [2.24, 2.45) is 12.8 Å². The maximum Gasteiger partial charge on any atom is 0.0635 e. The van der Waals surface area contributed by atoms with E-state index < -0.39 is 0 Å². The highest BCUT2D eigenvalue weighted by Gasteiger charge is 2.12. The second-order valence-corrected chi connectivity index (χ2v) is 4.64. The molecule has 2 aromatic rings. The third kappa shape index (κ3) is 2.33. The number of hydrogen-bond acceptors (Lipinski definition) is 2. The summed E-state index contributed by atoms with van der Waals surface area (Å²) in [5.74, 6) is 0. The Morgan fingerprint density at radius 2 is 2.06 bits per heavy atom. The molecule has 0 saturated heterocycles. The fraction of sp³-hybridized carbons (Fsp3) is 0.250. The molecule has 3 nitrogen and oxygen atoms in total. The van der Waals surface area contributed by atoms with Crippen LogP contribution in [0.5, 0.6) is 0 Å². The van der Waals surface area contributed by atoms with E-state index in [2.05, 4.69) is 33.2 Å². The van der Waals surface area contributed by atoms with Crippen LogP contribution in [0.1, 0.15) is 17.3 Å². The molecule has 0 saturated carbocycles. The predicted molar refractivity (Wildman–Crippen MR) is 68.0 cm³/mol. The molecule has 0 fully saturated rings. The van der Waals surface area contributed by atoms with Gasteiger partial charge in [0.25, 0.3) is 0 Å². The Morgan fingerprint density at radius 1 is 1.38 bits per heavy atom. The lowest BCUT2D eigenvalue weighted by molar-refractivity contribution is 0.640. The Morgan fingerprint density at radius 3 is 2.62 bits per heavy atom. The number of nitrogens with two attached hydrogens (primary N) is 1. The van der Waals surface area contributed by atoms with Crippen molar-refractivity contribution in [3.63, 3.8) is 0 Å². The Hall–Kier alpha value is -1.13. The van der Waals surface area contributed by atoms with Gasteiger partial charge in [-0.25, -0.2) is 0 Å². The van der Waals surface area contributed by atoms with Crippen molar-refractivity contribution in [3.8, 4) is 0 Å². The first-order chi connectivity index (χ1) is 7.68. The van der Waals surface area contributed by atoms with Crippen LogP contribution in [0.3, 0.4) is 0 Å². The van der Waals surface area contributed by atoms with E-state index in [1.807, 2.05) is 29.9 Å². The van der Waals surface area contributed by atoms with Gasteiger partial charge in [0.05, 0.1) is 16.4 Å². The van der Waals surface area contributed by atoms with Gasteiger partial charge in [0.2, 0.25) is 0 Å². The molecule has 0 aliphatic carbocycles. The minimum Gasteiger partial charge on any atom is -0.324 e. The molecule has 0 spiro atoms. The minimum absolute atomic E-state index is 0.00731. The largest absolute Gasteiger partial charge is 0.324 e. The number of aryl methyl sites for hydroxylation is 1. The highest BCUT2D eigenvalue weighted by molar-refractivity contribution is 9.10. The molecule has 1 atom stereocenters. The van der Waals surface area contributed by atoms with E-state index in [1.54, 1.807) is 6.20 Å². The molecule has 1 aromatic carbocycles. The minimum atomic E-state index is 0.00731. The number of halogens is 1. The summed E-state index contributed by atoms with van der Waals surface area (Å²) in [5.41, 5.74) is 8.43. The zero-order valence-corrected chi connectivity index (χ0v) is 10.7. The molecule has 1 unspecified atom stereocenters. The fourth-order valence-corrected chi connectivity index (χ4v) is 2.20. The molecule has 16 heavy (non-hydrogen) atoms. The van der Waals surface area contributed by atoms with Crippen LogP contribution in [0, 0.1) is 0 Å². The van der Waals surface area contributed by atoms with Crippen LogP contribution in [-0.2, 0) is 13.5 Å². The quantitative estimate of drug-likeness (QED) is 0.938. The van der Waals surface area contributed by atoms with Crippen molar-refractivity contribution in [3.05, 3.63) is 52.3 Å². The van der Waals surface area contributed by atoms with Gasteiger partial charge in [0.1, 0.15) is 0 Å². The number of nitrogens with zero attached hydrogens (tertiary/aromatic N) is 2. The molecule has 0 aliphatic rings. The average molecular weight is 280 g/mol. The highest BCUT2D eigenvalue weighted by atomic mass is 79.9. The van der Waals surface area contributed by atoms with Gasteiger partial charge < -0.3 is 5.73 Å². The maximum absolute atomic E-state index is 6.16. The van der Waals surface area contributed by atoms with Crippen LogP contribution >= 0.6 is 15.9 Å². The third-order valence-electron chi connectivity index (χ3n) is 2.65. The molecule has 0 aliphatic heterocycles. The van der Waals surface area contributed by atoms with Crippen molar-refractivity contribution in [1.82, 2.24) is 9.78 Å². The van der Waals surface area contributed by atoms with Gasteiger partial charge in [-0.2, -0.15) is 5.10 Å². The Balaban J connectivity index is 2.17. The fourth-order valence-electron chi connectivity index (χ4n) is 1.69. The molecule has 0 amide bonds. The summed E-state index contributed by atoms with van der Waals surface area (Å²) >= 11 is 3.48. The summed E-state index contributed by atoms with van der Waals surface area (Å²) in [6.45, 7) is 0. The molecule has 2 rings (SSSR count). The van der Waals surface area contributed by atoms with Crippen LogP contribution in [0.2, 0.25) is 0 Å². The molecule has 1 aromatic heterocycles. The lowest BCUT2D eigenvalue weighted by Gasteiger charge is -2.12. The van der Waals surface area contributed by atoms with Gasteiger partial charge in [-0.05, 0) is 21.5 Å². The van der Waals surface area contributed by atoms with Crippen molar-refractivity contribution >= 4 is 15.9 Å². The Bertz CT molecular complexity index is 445. The van der Waals surface area contributed by atoms with Gasteiger partial charge in [-0.1, -0.05) is 30.3 Å². The normalized spacial score (nSPS) is 12.7. The standard InChI is InChI=1S/C12H14BrN3/c1-16-12(10(13)8-15-16)7-11(14)9-5-3-2-4-6-9/h2-6,8,11H,7,14H2,1H3. The van der Waals surface area contributed by atoms with Gasteiger partial charge in [0, 0.05) is 19.5 Å². The molecule has 1 heterocycles. The lowest BCUT2D eigenvalue weighted by atomic mass is 10.0. The second kappa shape index (κ2) is 4.80. The molecule has 84 valence electrons. The summed E-state index contributed by atoms with van der Waals surface area (Å²) in [4.78, 5) is 0. The highest BCUT2D eigenvalue weighted by Crippen LogP contribution is 2.21. The smallest absolute Gasteiger partial charge is 0.0635 e. The topological polar surface area (TPSA) is 43.8 Å². The first-order valence-corrected chi connectivity index (χ1v) is 5.94. The molecular formula is C12H14BrN3. The maximum atomic E-state index is 6.16. The summed E-state index contributed by atoms with van der Waals surface area (Å²) in [7, 11) is 1.93. The number of hydrogen-bond donors (Lipinski definition) is 1. The molecule has 4 heteroatoms. The van der Waals surface area contributed by atoms with Crippen molar-refractivity contribution in [2.45, 2.75) is 12.5 Å². The van der Waals surface area contributed by atoms with Gasteiger partial charge in [0.15, 0.2) is 0 Å². The van der Waals surface area contributed by atoms with E-state index in [0.717, 1.165) is 22.2 Å². The average Bonchev–Trinajstić information content (AvgIpc) is 2.62.